The van der Waals surface area contributed by atoms with Gasteiger partial charge in [0.1, 0.15) is 6.54 Å². The largest absolute Gasteiger partial charge is 0.307 e. The van der Waals surface area contributed by atoms with Crippen LogP contribution in [0, 0.1) is 0 Å². The van der Waals surface area contributed by atoms with E-state index in [1.807, 2.05) is 36.4 Å². The van der Waals surface area contributed by atoms with Gasteiger partial charge in [-0.25, -0.2) is 0 Å². The number of benzene rings is 3. The molecular formula is C22H17BrN4O2. The lowest BCUT2D eigenvalue weighted by atomic mass is 10.0. The van der Waals surface area contributed by atoms with Crippen molar-refractivity contribution in [1.82, 2.24) is 0 Å². The second kappa shape index (κ2) is 9.68. The first kappa shape index (κ1) is 20.3. The minimum absolute atomic E-state index is 0.206. The number of para-hydroxylation sites is 1. The lowest BCUT2D eigenvalue weighted by molar-refractivity contribution is -0.117. The van der Waals surface area contributed by atoms with Gasteiger partial charge in [0, 0.05) is 20.5 Å². The van der Waals surface area contributed by atoms with Crippen LogP contribution < -0.4 is 4.90 Å². The highest BCUT2D eigenvalue weighted by Gasteiger charge is 2.23. The van der Waals surface area contributed by atoms with Crippen LogP contribution in [0.4, 0.5) is 5.69 Å². The highest BCUT2D eigenvalue weighted by Crippen LogP contribution is 2.28. The van der Waals surface area contributed by atoms with E-state index in [9.17, 15) is 9.59 Å². The van der Waals surface area contributed by atoms with Crippen LogP contribution in [0.2, 0.25) is 0 Å². The molecule has 0 saturated carbocycles. The predicted octanol–water partition coefficient (Wildman–Crippen LogP) is 5.52. The summed E-state index contributed by atoms with van der Waals surface area (Å²) in [7, 11) is 0. The molecule has 0 aromatic heterocycles. The lowest BCUT2D eigenvalue weighted by Crippen LogP contribution is -2.33. The van der Waals surface area contributed by atoms with Gasteiger partial charge in [0.2, 0.25) is 5.91 Å². The number of carbonyl (C=O) groups is 2. The first-order valence-electron chi connectivity index (χ1n) is 8.85. The van der Waals surface area contributed by atoms with E-state index in [4.69, 9.17) is 5.53 Å². The van der Waals surface area contributed by atoms with E-state index in [0.717, 1.165) is 5.56 Å². The number of ketones is 1. The summed E-state index contributed by atoms with van der Waals surface area (Å²) in [5, 5.41) is 3.40. The number of hydrogen-bond donors (Lipinski definition) is 0. The van der Waals surface area contributed by atoms with Gasteiger partial charge < -0.3 is 4.90 Å². The second-order valence-electron chi connectivity index (χ2n) is 6.18. The van der Waals surface area contributed by atoms with E-state index in [-0.39, 0.29) is 24.8 Å². The van der Waals surface area contributed by atoms with Crippen molar-refractivity contribution in [2.24, 2.45) is 5.11 Å². The number of rotatable bonds is 7. The molecule has 3 aromatic carbocycles. The molecule has 6 nitrogen and oxygen atoms in total. The fourth-order valence-corrected chi connectivity index (χ4v) is 3.41. The van der Waals surface area contributed by atoms with Gasteiger partial charge in [0.25, 0.3) is 0 Å². The normalized spacial score (nSPS) is 10.1. The fraction of sp³-hybridized carbons (Fsp3) is 0.0909. The Balaban J connectivity index is 2.06. The Morgan fingerprint density at radius 3 is 2.21 bits per heavy atom. The summed E-state index contributed by atoms with van der Waals surface area (Å²) >= 11 is 3.42. The van der Waals surface area contributed by atoms with Gasteiger partial charge in [-0.15, -0.1) is 0 Å². The first-order valence-corrected chi connectivity index (χ1v) is 9.64. The Morgan fingerprint density at radius 1 is 0.897 bits per heavy atom. The van der Waals surface area contributed by atoms with E-state index >= 15 is 0 Å². The van der Waals surface area contributed by atoms with Crippen LogP contribution >= 0.6 is 15.9 Å². The van der Waals surface area contributed by atoms with Crippen molar-refractivity contribution in [3.8, 4) is 0 Å². The molecule has 0 spiro atoms. The quantitative estimate of drug-likeness (QED) is 0.206. The molecule has 7 heteroatoms. The minimum atomic E-state index is -0.390. The molecule has 0 saturated heterocycles. The van der Waals surface area contributed by atoms with Crippen molar-refractivity contribution in [1.29, 1.82) is 0 Å². The topological polar surface area (TPSA) is 86.1 Å². The third-order valence-corrected chi connectivity index (χ3v) is 5.00. The summed E-state index contributed by atoms with van der Waals surface area (Å²) in [5.74, 6) is -0.596. The van der Waals surface area contributed by atoms with E-state index in [2.05, 4.69) is 26.0 Å². The maximum absolute atomic E-state index is 13.2. The summed E-state index contributed by atoms with van der Waals surface area (Å²) in [5.41, 5.74) is 10.9. The van der Waals surface area contributed by atoms with E-state index < -0.39 is 0 Å². The Kier molecular flexibility index (Phi) is 6.79. The van der Waals surface area contributed by atoms with Crippen LogP contribution in [0.3, 0.4) is 0 Å². The Hall–Kier alpha value is -3.41. The number of azide groups is 1. The van der Waals surface area contributed by atoms with Crippen LogP contribution in [0.15, 0.2) is 88.4 Å². The fourth-order valence-electron chi connectivity index (χ4n) is 2.94. The predicted molar refractivity (Wildman–Crippen MR) is 116 cm³/mol. The van der Waals surface area contributed by atoms with Gasteiger partial charge in [-0.1, -0.05) is 75.6 Å². The molecule has 0 aliphatic rings. The number of nitrogens with zero attached hydrogens (tertiary/aromatic N) is 4. The molecule has 3 aromatic rings. The van der Waals surface area contributed by atoms with Crippen molar-refractivity contribution >= 4 is 33.3 Å². The van der Waals surface area contributed by atoms with Crippen molar-refractivity contribution in [2.75, 3.05) is 11.4 Å². The molecule has 0 atom stereocenters. The third-order valence-electron chi connectivity index (χ3n) is 4.31. The summed E-state index contributed by atoms with van der Waals surface area (Å²) in [6.07, 6.45) is 0. The van der Waals surface area contributed by atoms with Gasteiger partial charge in [0.05, 0.1) is 12.2 Å². The van der Waals surface area contributed by atoms with Crippen molar-refractivity contribution < 1.29 is 9.59 Å². The summed E-state index contributed by atoms with van der Waals surface area (Å²) in [4.78, 5) is 30.2. The van der Waals surface area contributed by atoms with Gasteiger partial charge in [-0.2, -0.15) is 0 Å². The molecule has 0 heterocycles. The smallest absolute Gasteiger partial charge is 0.233 e. The number of carbonyl (C=O) groups excluding carboxylic acids is 2. The summed E-state index contributed by atoms with van der Waals surface area (Å²) in [6, 6.07) is 23.5. The molecule has 1 amide bonds. The third kappa shape index (κ3) is 4.90. The van der Waals surface area contributed by atoms with E-state index in [1.54, 1.807) is 42.5 Å². The molecule has 144 valence electrons. The van der Waals surface area contributed by atoms with Crippen LogP contribution in [0.5, 0.6) is 0 Å². The van der Waals surface area contributed by atoms with E-state index in [1.165, 1.54) is 4.90 Å². The summed E-state index contributed by atoms with van der Waals surface area (Å²) in [6.45, 7) is -0.0816. The Bertz CT molecular complexity index is 1080. The summed E-state index contributed by atoms with van der Waals surface area (Å²) < 4.78 is 0.676. The van der Waals surface area contributed by atoms with E-state index in [0.29, 0.717) is 21.3 Å². The highest BCUT2D eigenvalue weighted by atomic mass is 79.9. The zero-order valence-corrected chi connectivity index (χ0v) is 17.0. The van der Waals surface area contributed by atoms with Crippen molar-refractivity contribution in [3.63, 3.8) is 0 Å². The molecule has 0 unspecified atom stereocenters. The van der Waals surface area contributed by atoms with Gasteiger partial charge in [-0.05, 0) is 35.4 Å². The number of anilines is 1. The minimum Gasteiger partial charge on any atom is -0.307 e. The molecule has 0 fully saturated rings. The zero-order chi connectivity index (χ0) is 20.6. The van der Waals surface area contributed by atoms with Gasteiger partial charge >= 0.3 is 0 Å². The Labute approximate surface area is 176 Å². The maximum atomic E-state index is 13.2. The SMILES string of the molecule is [N-]=[N+]=NCC(=O)N(Cc1ccccc1)c1ccccc1C(=O)c1ccccc1Br. The van der Waals surface area contributed by atoms with Crippen LogP contribution in [-0.2, 0) is 11.3 Å². The maximum Gasteiger partial charge on any atom is 0.233 e. The second-order valence-corrected chi connectivity index (χ2v) is 7.03. The van der Waals surface area contributed by atoms with Crippen molar-refractivity contribution in [3.05, 3.63) is 110 Å². The Morgan fingerprint density at radius 2 is 1.52 bits per heavy atom. The molecule has 3 rings (SSSR count). The number of amides is 1. The van der Waals surface area contributed by atoms with Crippen LogP contribution in [0.25, 0.3) is 10.4 Å². The monoisotopic (exact) mass is 448 g/mol. The molecular weight excluding hydrogens is 432 g/mol. The molecule has 29 heavy (non-hydrogen) atoms. The molecule has 0 bridgehead atoms. The molecule has 0 radical (unpaired) electrons. The average Bonchev–Trinajstić information content (AvgIpc) is 2.76. The number of hydrogen-bond acceptors (Lipinski definition) is 3. The zero-order valence-electron chi connectivity index (χ0n) is 15.4. The lowest BCUT2D eigenvalue weighted by Gasteiger charge is -2.25. The molecule has 0 N–H and O–H groups in total. The molecule has 0 aliphatic heterocycles. The van der Waals surface area contributed by atoms with Crippen molar-refractivity contribution in [2.45, 2.75) is 6.54 Å². The first-order chi connectivity index (χ1) is 14.1. The van der Waals surface area contributed by atoms with Gasteiger partial charge in [0.15, 0.2) is 5.78 Å². The van der Waals surface area contributed by atoms with Crippen LogP contribution in [0.1, 0.15) is 21.5 Å². The highest BCUT2D eigenvalue weighted by molar-refractivity contribution is 9.10. The van der Waals surface area contributed by atoms with Gasteiger partial charge in [-0.3, -0.25) is 9.59 Å². The average molecular weight is 449 g/mol. The standard InChI is InChI=1S/C22H17BrN4O2/c23-19-12-6-4-10-17(19)22(29)18-11-5-7-13-20(18)27(21(28)14-25-26-24)15-16-8-2-1-3-9-16/h1-13H,14-15H2. The number of halogens is 1. The van der Waals surface area contributed by atoms with Crippen LogP contribution in [-0.4, -0.2) is 18.2 Å². The molecule has 0 aliphatic carbocycles.